The first-order valence-corrected chi connectivity index (χ1v) is 15.3. The summed E-state index contributed by atoms with van der Waals surface area (Å²) in [5.74, 6) is 0.459. The molecule has 2 aromatic carbocycles. The fourth-order valence-electron chi connectivity index (χ4n) is 6.70. The van der Waals surface area contributed by atoms with Crippen LogP contribution < -0.4 is 5.32 Å². The average molecular weight is 559 g/mol. The van der Waals surface area contributed by atoms with E-state index in [1.165, 1.54) is 24.8 Å². The highest BCUT2D eigenvalue weighted by Crippen LogP contribution is 2.44. The van der Waals surface area contributed by atoms with Gasteiger partial charge in [0.1, 0.15) is 6.54 Å². The molecule has 3 fully saturated rings. The number of fused-ring (bicyclic) bond motifs is 1. The molecule has 1 N–H and O–H groups in total. The van der Waals surface area contributed by atoms with E-state index < -0.39 is 0 Å². The van der Waals surface area contributed by atoms with E-state index in [9.17, 15) is 9.59 Å². The molecular formula is C33H42N4O4. The van der Waals surface area contributed by atoms with E-state index in [-0.39, 0.29) is 18.4 Å². The molecule has 1 aromatic heterocycles. The van der Waals surface area contributed by atoms with Gasteiger partial charge >= 0.3 is 0 Å². The quantitative estimate of drug-likeness (QED) is 0.447. The van der Waals surface area contributed by atoms with E-state index in [4.69, 9.17) is 9.47 Å². The molecule has 2 amide bonds. The first kappa shape index (κ1) is 27.9. The standard InChI is InChI=1S/C33H42N4O4/c38-30(36-17-21-41-22-18-36)24-37-29-23-27(33(39)34-13-14-35-15-19-40-20-16-35)11-12-28(29)31(25-7-3-1-4-8-25)32(37)26-9-5-2-6-10-26/h2,5-6,9-12,23,25H,1,3-4,7-8,13-22,24H2,(H,34,39). The molecule has 8 heteroatoms. The second kappa shape index (κ2) is 13.2. The molecule has 0 atom stereocenters. The lowest BCUT2D eigenvalue weighted by Gasteiger charge is -2.28. The summed E-state index contributed by atoms with van der Waals surface area (Å²) < 4.78 is 13.1. The van der Waals surface area contributed by atoms with Gasteiger partial charge in [0.15, 0.2) is 0 Å². The molecule has 0 bridgehead atoms. The van der Waals surface area contributed by atoms with Crippen molar-refractivity contribution in [2.75, 3.05) is 65.7 Å². The van der Waals surface area contributed by atoms with Gasteiger partial charge in [0.05, 0.1) is 37.6 Å². The van der Waals surface area contributed by atoms with Crippen LogP contribution >= 0.6 is 0 Å². The van der Waals surface area contributed by atoms with Gasteiger partial charge in [0, 0.05) is 50.2 Å². The fraction of sp³-hybridized carbons (Fsp3) is 0.515. The van der Waals surface area contributed by atoms with Crippen molar-refractivity contribution >= 4 is 22.7 Å². The molecule has 218 valence electrons. The molecule has 41 heavy (non-hydrogen) atoms. The van der Waals surface area contributed by atoms with Crippen molar-refractivity contribution in [1.29, 1.82) is 0 Å². The normalized spacial score (nSPS) is 19.0. The molecule has 1 saturated carbocycles. The van der Waals surface area contributed by atoms with Crippen molar-refractivity contribution in [2.45, 2.75) is 44.6 Å². The number of aromatic nitrogens is 1. The van der Waals surface area contributed by atoms with Gasteiger partial charge in [0.2, 0.25) is 5.91 Å². The van der Waals surface area contributed by atoms with Crippen LogP contribution in [-0.4, -0.2) is 91.9 Å². The number of amides is 2. The number of rotatable bonds is 8. The summed E-state index contributed by atoms with van der Waals surface area (Å²) in [6, 6.07) is 16.6. The zero-order chi connectivity index (χ0) is 28.0. The van der Waals surface area contributed by atoms with Gasteiger partial charge in [-0.1, -0.05) is 55.7 Å². The summed E-state index contributed by atoms with van der Waals surface area (Å²) in [5.41, 5.74) is 5.17. The van der Waals surface area contributed by atoms with E-state index in [0.717, 1.165) is 67.8 Å². The summed E-state index contributed by atoms with van der Waals surface area (Å²) in [6.07, 6.45) is 6.03. The Labute approximate surface area is 242 Å². The van der Waals surface area contributed by atoms with Crippen LogP contribution in [0.15, 0.2) is 48.5 Å². The molecule has 0 radical (unpaired) electrons. The number of carbonyl (C=O) groups excluding carboxylic acids is 2. The average Bonchev–Trinajstić information content (AvgIpc) is 3.36. The van der Waals surface area contributed by atoms with Gasteiger partial charge < -0.3 is 24.3 Å². The Kier molecular flexibility index (Phi) is 8.99. The Morgan fingerprint density at radius 1 is 0.854 bits per heavy atom. The zero-order valence-electron chi connectivity index (χ0n) is 24.0. The molecule has 0 spiro atoms. The Bertz CT molecular complexity index is 1340. The molecule has 3 aromatic rings. The Morgan fingerprint density at radius 3 is 2.29 bits per heavy atom. The number of morpholine rings is 2. The topological polar surface area (TPSA) is 76.0 Å². The smallest absolute Gasteiger partial charge is 0.251 e. The molecule has 3 aliphatic rings. The third-order valence-corrected chi connectivity index (χ3v) is 8.90. The molecule has 3 heterocycles. The summed E-state index contributed by atoms with van der Waals surface area (Å²) >= 11 is 0. The predicted molar refractivity (Wildman–Crippen MR) is 160 cm³/mol. The predicted octanol–water partition coefficient (Wildman–Crippen LogP) is 4.28. The van der Waals surface area contributed by atoms with Gasteiger partial charge in [-0.3, -0.25) is 14.5 Å². The molecule has 0 unspecified atom stereocenters. The summed E-state index contributed by atoms with van der Waals surface area (Å²) in [7, 11) is 0. The van der Waals surface area contributed by atoms with Crippen LogP contribution in [0.4, 0.5) is 0 Å². The maximum atomic E-state index is 13.6. The minimum absolute atomic E-state index is 0.0760. The third-order valence-electron chi connectivity index (χ3n) is 8.90. The van der Waals surface area contributed by atoms with Crippen LogP contribution in [0.3, 0.4) is 0 Å². The second-order valence-electron chi connectivity index (χ2n) is 11.5. The number of benzene rings is 2. The van der Waals surface area contributed by atoms with Crippen molar-refractivity contribution < 1.29 is 19.1 Å². The fourth-order valence-corrected chi connectivity index (χ4v) is 6.70. The van der Waals surface area contributed by atoms with Crippen LogP contribution in [0, 0.1) is 0 Å². The number of carbonyl (C=O) groups is 2. The molecule has 8 nitrogen and oxygen atoms in total. The second-order valence-corrected chi connectivity index (χ2v) is 11.5. The summed E-state index contributed by atoms with van der Waals surface area (Å²) in [4.78, 5) is 31.2. The number of ether oxygens (including phenoxy) is 2. The number of nitrogens with zero attached hydrogens (tertiary/aromatic N) is 3. The first-order chi connectivity index (χ1) is 20.2. The van der Waals surface area contributed by atoms with Crippen LogP contribution in [0.2, 0.25) is 0 Å². The molecule has 6 rings (SSSR count). The van der Waals surface area contributed by atoms with Crippen molar-refractivity contribution in [3.63, 3.8) is 0 Å². The maximum absolute atomic E-state index is 13.6. The van der Waals surface area contributed by atoms with Crippen LogP contribution in [-0.2, 0) is 20.8 Å². The van der Waals surface area contributed by atoms with Crippen LogP contribution in [0.25, 0.3) is 22.2 Å². The molecule has 2 aliphatic heterocycles. The van der Waals surface area contributed by atoms with Crippen molar-refractivity contribution in [1.82, 2.24) is 19.7 Å². The SMILES string of the molecule is O=C(NCCN1CCOCC1)c1ccc2c(C3CCCCC3)c(-c3ccccc3)n(CC(=O)N3CCOCC3)c2c1. The van der Waals surface area contributed by atoms with Gasteiger partial charge in [0.25, 0.3) is 5.91 Å². The van der Waals surface area contributed by atoms with Gasteiger partial charge in [-0.25, -0.2) is 0 Å². The number of hydrogen-bond donors (Lipinski definition) is 1. The van der Waals surface area contributed by atoms with E-state index in [1.807, 2.05) is 23.1 Å². The monoisotopic (exact) mass is 558 g/mol. The summed E-state index contributed by atoms with van der Waals surface area (Å²) in [6.45, 7) is 7.33. The van der Waals surface area contributed by atoms with Crippen LogP contribution in [0.1, 0.15) is 53.9 Å². The lowest BCUT2D eigenvalue weighted by molar-refractivity contribution is -0.135. The van der Waals surface area contributed by atoms with E-state index in [0.29, 0.717) is 44.3 Å². The third kappa shape index (κ3) is 6.35. The molecule has 2 saturated heterocycles. The van der Waals surface area contributed by atoms with E-state index in [1.54, 1.807) is 0 Å². The minimum atomic E-state index is -0.0760. The summed E-state index contributed by atoms with van der Waals surface area (Å²) in [5, 5.41) is 4.28. The van der Waals surface area contributed by atoms with E-state index in [2.05, 4.69) is 45.1 Å². The van der Waals surface area contributed by atoms with Crippen LogP contribution in [0.5, 0.6) is 0 Å². The first-order valence-electron chi connectivity index (χ1n) is 15.3. The lowest BCUT2D eigenvalue weighted by Crippen LogP contribution is -2.42. The highest BCUT2D eigenvalue weighted by molar-refractivity contribution is 6.01. The molecule has 1 aliphatic carbocycles. The Balaban J connectivity index is 1.37. The highest BCUT2D eigenvalue weighted by atomic mass is 16.5. The highest BCUT2D eigenvalue weighted by Gasteiger charge is 2.29. The van der Waals surface area contributed by atoms with E-state index >= 15 is 0 Å². The Hall–Kier alpha value is -3.20. The van der Waals surface area contributed by atoms with Crippen molar-refractivity contribution in [2.24, 2.45) is 0 Å². The number of hydrogen-bond acceptors (Lipinski definition) is 5. The van der Waals surface area contributed by atoms with Crippen molar-refractivity contribution in [3.8, 4) is 11.3 Å². The largest absolute Gasteiger partial charge is 0.379 e. The van der Waals surface area contributed by atoms with Gasteiger partial charge in [-0.2, -0.15) is 0 Å². The Morgan fingerprint density at radius 2 is 1.56 bits per heavy atom. The molecular weight excluding hydrogens is 516 g/mol. The maximum Gasteiger partial charge on any atom is 0.251 e. The van der Waals surface area contributed by atoms with Gasteiger partial charge in [-0.05, 0) is 42.0 Å². The van der Waals surface area contributed by atoms with Gasteiger partial charge in [-0.15, -0.1) is 0 Å². The zero-order valence-corrected chi connectivity index (χ0v) is 24.0. The lowest BCUT2D eigenvalue weighted by atomic mass is 9.82. The van der Waals surface area contributed by atoms with Crippen molar-refractivity contribution in [3.05, 3.63) is 59.7 Å². The minimum Gasteiger partial charge on any atom is -0.379 e. The number of nitrogens with one attached hydrogen (secondary N) is 1.